The minimum atomic E-state index is 0.122. The van der Waals surface area contributed by atoms with Crippen LogP contribution in [0, 0.1) is 6.92 Å². The Kier molecular flexibility index (Phi) is 5.14. The molecule has 37 heavy (non-hydrogen) atoms. The Hall–Kier alpha value is -4.30. The first-order chi connectivity index (χ1) is 18.2. The molecule has 0 N–H and O–H groups in total. The molecule has 3 aromatic carbocycles. The van der Waals surface area contributed by atoms with Crippen LogP contribution in [-0.2, 0) is 6.42 Å². The summed E-state index contributed by atoms with van der Waals surface area (Å²) in [7, 11) is 0. The van der Waals surface area contributed by atoms with E-state index in [0.717, 1.165) is 18.5 Å². The molecule has 0 saturated carbocycles. The van der Waals surface area contributed by atoms with Crippen molar-refractivity contribution >= 4 is 5.70 Å². The molecule has 0 bridgehead atoms. The molecule has 0 spiro atoms. The van der Waals surface area contributed by atoms with E-state index in [1.807, 2.05) is 0 Å². The highest BCUT2D eigenvalue weighted by Gasteiger charge is 2.46. The fourth-order valence-electron chi connectivity index (χ4n) is 6.51. The van der Waals surface area contributed by atoms with Gasteiger partial charge in [-0.05, 0) is 67.3 Å². The van der Waals surface area contributed by atoms with Crippen LogP contribution >= 0.6 is 0 Å². The summed E-state index contributed by atoms with van der Waals surface area (Å²) in [5.41, 5.74) is 12.8. The second-order valence-corrected chi connectivity index (χ2v) is 10.3. The first-order valence-electron chi connectivity index (χ1n) is 13.2. The fourth-order valence-corrected chi connectivity index (χ4v) is 6.51. The lowest BCUT2D eigenvalue weighted by Gasteiger charge is -2.29. The van der Waals surface area contributed by atoms with Gasteiger partial charge < -0.3 is 0 Å². The largest absolute Gasteiger partial charge is 0.249 e. The van der Waals surface area contributed by atoms with Crippen molar-refractivity contribution in [2.75, 3.05) is 0 Å². The SMILES string of the molecule is C=C1C2C(CCc3ccc(C)cc3-c3c(-c4ccccc4)ccc[n+]31)c1ccccc1-c1cccc[n+]12. The molecule has 0 radical (unpaired) electrons. The minimum Gasteiger partial charge on any atom is -0.184 e. The molecular formula is C35H30N2+2. The van der Waals surface area contributed by atoms with Gasteiger partial charge in [0.15, 0.2) is 12.4 Å². The quantitative estimate of drug-likeness (QED) is 0.223. The molecule has 0 aliphatic carbocycles. The van der Waals surface area contributed by atoms with E-state index in [1.165, 1.54) is 50.3 Å². The van der Waals surface area contributed by atoms with Crippen molar-refractivity contribution in [2.45, 2.75) is 31.7 Å². The minimum absolute atomic E-state index is 0.122. The van der Waals surface area contributed by atoms with Crippen LogP contribution in [-0.4, -0.2) is 0 Å². The Bertz CT molecular complexity index is 1660. The van der Waals surface area contributed by atoms with Crippen LogP contribution in [0.5, 0.6) is 0 Å². The highest BCUT2D eigenvalue weighted by atomic mass is 15.1. The van der Waals surface area contributed by atoms with E-state index in [1.54, 1.807) is 0 Å². The molecular weight excluding hydrogens is 448 g/mol. The third-order valence-corrected chi connectivity index (χ3v) is 8.18. The summed E-state index contributed by atoms with van der Waals surface area (Å²) in [6.07, 6.45) is 6.53. The van der Waals surface area contributed by atoms with Crippen LogP contribution in [0.3, 0.4) is 0 Å². The van der Waals surface area contributed by atoms with Crippen molar-refractivity contribution in [2.24, 2.45) is 0 Å². The summed E-state index contributed by atoms with van der Waals surface area (Å²) >= 11 is 0. The Labute approximate surface area is 218 Å². The van der Waals surface area contributed by atoms with Gasteiger partial charge in [-0.2, -0.15) is 9.13 Å². The Morgan fingerprint density at radius 2 is 1.51 bits per heavy atom. The number of benzene rings is 3. The van der Waals surface area contributed by atoms with Crippen LogP contribution in [0.2, 0.25) is 0 Å². The van der Waals surface area contributed by atoms with E-state index in [4.69, 9.17) is 6.58 Å². The molecule has 5 aromatic rings. The number of aromatic nitrogens is 2. The molecule has 2 unspecified atom stereocenters. The number of allylic oxidation sites excluding steroid dienone is 1. The zero-order chi connectivity index (χ0) is 24.9. The molecule has 0 amide bonds. The molecule has 2 aliphatic rings. The Balaban J connectivity index is 1.54. The monoisotopic (exact) mass is 478 g/mol. The average molecular weight is 479 g/mol. The summed E-state index contributed by atoms with van der Waals surface area (Å²) in [5.74, 6) is 0.330. The van der Waals surface area contributed by atoms with Crippen molar-refractivity contribution in [1.82, 2.24) is 0 Å². The second-order valence-electron chi connectivity index (χ2n) is 10.3. The highest BCUT2D eigenvalue weighted by Crippen LogP contribution is 2.45. The maximum absolute atomic E-state index is 4.83. The van der Waals surface area contributed by atoms with Crippen LogP contribution in [0.15, 0.2) is 122 Å². The van der Waals surface area contributed by atoms with Crippen LogP contribution < -0.4 is 9.13 Å². The molecule has 2 atom stereocenters. The number of pyridine rings is 2. The standard InChI is InChI=1S/C35H30N2/c1-24-17-18-27-19-20-31-29-13-6-7-14-30(29)33-16-8-9-21-37(33)34(31)25(2)36-22-10-15-28(35(36)32(27)23-24)26-11-4-3-5-12-26/h3-18,21-23,31,34H,2,19-20H2,1H3/q+2. The first-order valence-corrected chi connectivity index (χ1v) is 13.2. The highest BCUT2D eigenvalue weighted by molar-refractivity contribution is 5.81. The van der Waals surface area contributed by atoms with Crippen molar-refractivity contribution in [3.8, 4) is 33.6 Å². The topological polar surface area (TPSA) is 7.76 Å². The Morgan fingerprint density at radius 3 is 2.41 bits per heavy atom. The van der Waals surface area contributed by atoms with E-state index >= 15 is 0 Å². The number of hydrogen-bond donors (Lipinski definition) is 0. The summed E-state index contributed by atoms with van der Waals surface area (Å²) < 4.78 is 4.84. The van der Waals surface area contributed by atoms with Gasteiger partial charge in [-0.1, -0.05) is 66.2 Å². The van der Waals surface area contributed by atoms with Crippen molar-refractivity contribution in [3.05, 3.63) is 139 Å². The molecule has 2 aromatic heterocycles. The number of fused-ring (bicyclic) bond motifs is 9. The van der Waals surface area contributed by atoms with E-state index in [9.17, 15) is 0 Å². The van der Waals surface area contributed by atoms with Gasteiger partial charge in [0.2, 0.25) is 23.1 Å². The third kappa shape index (κ3) is 3.48. The third-order valence-electron chi connectivity index (χ3n) is 8.18. The van der Waals surface area contributed by atoms with Crippen molar-refractivity contribution in [1.29, 1.82) is 0 Å². The maximum atomic E-state index is 4.83. The summed E-state index contributed by atoms with van der Waals surface area (Å²) in [6, 6.07) is 37.8. The van der Waals surface area contributed by atoms with E-state index in [-0.39, 0.29) is 6.04 Å². The number of nitrogens with zero attached hydrogens (tertiary/aromatic N) is 2. The number of hydrogen-bond acceptors (Lipinski definition) is 0. The smallest absolute Gasteiger partial charge is 0.184 e. The Morgan fingerprint density at radius 1 is 0.730 bits per heavy atom. The molecule has 2 heteroatoms. The van der Waals surface area contributed by atoms with Gasteiger partial charge in [-0.3, -0.25) is 0 Å². The lowest BCUT2D eigenvalue weighted by molar-refractivity contribution is -0.727. The van der Waals surface area contributed by atoms with Crippen LogP contribution in [0.4, 0.5) is 0 Å². The molecule has 7 rings (SSSR count). The summed E-state index contributed by atoms with van der Waals surface area (Å²) in [4.78, 5) is 0. The van der Waals surface area contributed by atoms with Gasteiger partial charge in [0.25, 0.3) is 0 Å². The van der Waals surface area contributed by atoms with E-state index in [0.29, 0.717) is 5.92 Å². The molecule has 0 saturated heterocycles. The molecule has 178 valence electrons. The van der Waals surface area contributed by atoms with Gasteiger partial charge in [-0.15, -0.1) is 0 Å². The van der Waals surface area contributed by atoms with Crippen LogP contribution in [0.1, 0.15) is 35.1 Å². The summed E-state index contributed by atoms with van der Waals surface area (Å²) in [5, 5.41) is 0. The van der Waals surface area contributed by atoms with E-state index in [2.05, 4.69) is 132 Å². The van der Waals surface area contributed by atoms with Crippen LogP contribution in [0.25, 0.3) is 39.3 Å². The second kappa shape index (κ2) is 8.67. The predicted molar refractivity (Wildman–Crippen MR) is 150 cm³/mol. The van der Waals surface area contributed by atoms with Gasteiger partial charge in [-0.25, -0.2) is 0 Å². The maximum Gasteiger partial charge on any atom is 0.249 e. The zero-order valence-electron chi connectivity index (χ0n) is 21.1. The lowest BCUT2D eigenvalue weighted by Crippen LogP contribution is -2.53. The lowest BCUT2D eigenvalue weighted by atomic mass is 9.78. The van der Waals surface area contributed by atoms with E-state index < -0.39 is 0 Å². The molecule has 2 aliphatic heterocycles. The van der Waals surface area contributed by atoms with Gasteiger partial charge >= 0.3 is 0 Å². The number of aryl methyl sites for hydroxylation is 2. The first kappa shape index (κ1) is 21.9. The van der Waals surface area contributed by atoms with Gasteiger partial charge in [0.1, 0.15) is 0 Å². The van der Waals surface area contributed by atoms with Gasteiger partial charge in [0.05, 0.1) is 17.0 Å². The zero-order valence-corrected chi connectivity index (χ0v) is 21.1. The van der Waals surface area contributed by atoms with Crippen molar-refractivity contribution < 1.29 is 9.13 Å². The summed E-state index contributed by atoms with van der Waals surface area (Å²) in [6.45, 7) is 7.02. The van der Waals surface area contributed by atoms with Gasteiger partial charge in [0, 0.05) is 23.8 Å². The molecule has 4 heterocycles. The molecule has 0 fully saturated rings. The average Bonchev–Trinajstić information content (AvgIpc) is 3.00. The molecule has 2 nitrogen and oxygen atoms in total. The fraction of sp³-hybridized carbons (Fsp3) is 0.143. The van der Waals surface area contributed by atoms with Crippen molar-refractivity contribution in [3.63, 3.8) is 0 Å². The predicted octanol–water partition coefficient (Wildman–Crippen LogP) is 7.33. The normalized spacial score (nSPS) is 17.7. The number of rotatable bonds is 1.